The van der Waals surface area contributed by atoms with E-state index in [1.807, 2.05) is 0 Å². The van der Waals surface area contributed by atoms with Gasteiger partial charge in [0.15, 0.2) is 0 Å². The van der Waals surface area contributed by atoms with Crippen LogP contribution in [0.3, 0.4) is 0 Å². The Morgan fingerprint density at radius 2 is 2.19 bits per heavy atom. The van der Waals surface area contributed by atoms with Crippen LogP contribution in [-0.4, -0.2) is 15.8 Å². The Morgan fingerprint density at radius 3 is 2.75 bits per heavy atom. The standard InChI is InChI=1S/C11H12ClFO2S/c1-11(2,10(14)15)16-6-7-4-3-5-8(13)9(7)12/h3-5H,6H2,1-2H3,(H,14,15). The normalized spacial score (nSPS) is 11.5. The molecule has 1 aromatic carbocycles. The molecule has 16 heavy (non-hydrogen) atoms. The second kappa shape index (κ2) is 5.06. The summed E-state index contributed by atoms with van der Waals surface area (Å²) in [5, 5.41) is 8.98. The van der Waals surface area contributed by atoms with Crippen molar-refractivity contribution in [3.63, 3.8) is 0 Å². The fraction of sp³-hybridized carbons (Fsp3) is 0.364. The van der Waals surface area contributed by atoms with Crippen molar-refractivity contribution in [2.45, 2.75) is 24.3 Å². The van der Waals surface area contributed by atoms with Crippen LogP contribution in [0.1, 0.15) is 19.4 Å². The number of hydrogen-bond acceptors (Lipinski definition) is 2. The van der Waals surface area contributed by atoms with E-state index in [9.17, 15) is 9.18 Å². The number of aliphatic carboxylic acids is 1. The van der Waals surface area contributed by atoms with Gasteiger partial charge in [0.1, 0.15) is 10.6 Å². The van der Waals surface area contributed by atoms with Gasteiger partial charge in [-0.1, -0.05) is 23.7 Å². The van der Waals surface area contributed by atoms with E-state index in [4.69, 9.17) is 16.7 Å². The van der Waals surface area contributed by atoms with Crippen LogP contribution < -0.4 is 0 Å². The molecule has 0 spiro atoms. The van der Waals surface area contributed by atoms with Gasteiger partial charge >= 0.3 is 5.97 Å². The van der Waals surface area contributed by atoms with Crippen molar-refractivity contribution in [3.8, 4) is 0 Å². The molecule has 0 aliphatic rings. The first-order valence-electron chi connectivity index (χ1n) is 4.65. The Balaban J connectivity index is 2.76. The maximum Gasteiger partial charge on any atom is 0.319 e. The van der Waals surface area contributed by atoms with Crippen molar-refractivity contribution < 1.29 is 14.3 Å². The van der Waals surface area contributed by atoms with Gasteiger partial charge in [-0.25, -0.2) is 4.39 Å². The van der Waals surface area contributed by atoms with Crippen LogP contribution in [0, 0.1) is 5.82 Å². The second-order valence-corrected chi connectivity index (χ2v) is 5.79. The molecular weight excluding hydrogens is 251 g/mol. The maximum atomic E-state index is 13.1. The zero-order valence-electron chi connectivity index (χ0n) is 8.96. The minimum absolute atomic E-state index is 0.0659. The summed E-state index contributed by atoms with van der Waals surface area (Å²) < 4.78 is 12.2. The van der Waals surface area contributed by atoms with Crippen LogP contribution in [0.5, 0.6) is 0 Å². The van der Waals surface area contributed by atoms with E-state index in [0.29, 0.717) is 11.3 Å². The summed E-state index contributed by atoms with van der Waals surface area (Å²) in [5.74, 6) is -1.01. The van der Waals surface area contributed by atoms with Crippen LogP contribution in [0.25, 0.3) is 0 Å². The molecule has 0 saturated heterocycles. The van der Waals surface area contributed by atoms with E-state index in [0.717, 1.165) is 0 Å². The first kappa shape index (κ1) is 13.3. The van der Waals surface area contributed by atoms with Gasteiger partial charge in [-0.15, -0.1) is 11.8 Å². The summed E-state index contributed by atoms with van der Waals surface area (Å²) in [5.41, 5.74) is 0.612. The minimum atomic E-state index is -0.907. The van der Waals surface area contributed by atoms with Crippen LogP contribution in [0.2, 0.25) is 5.02 Å². The molecule has 0 aromatic heterocycles. The molecule has 0 atom stereocenters. The van der Waals surface area contributed by atoms with E-state index in [-0.39, 0.29) is 5.02 Å². The van der Waals surface area contributed by atoms with Gasteiger partial charge in [0.2, 0.25) is 0 Å². The zero-order chi connectivity index (χ0) is 12.3. The molecule has 0 aliphatic heterocycles. The Morgan fingerprint density at radius 1 is 1.56 bits per heavy atom. The third-order valence-corrected chi connectivity index (χ3v) is 3.91. The van der Waals surface area contributed by atoms with Gasteiger partial charge < -0.3 is 5.11 Å². The van der Waals surface area contributed by atoms with Crippen LogP contribution >= 0.6 is 23.4 Å². The van der Waals surface area contributed by atoms with Gasteiger partial charge in [-0.05, 0) is 25.5 Å². The number of carboxylic acids is 1. The summed E-state index contributed by atoms with van der Waals surface area (Å²) in [6.45, 7) is 3.21. The van der Waals surface area contributed by atoms with Gasteiger partial charge in [0, 0.05) is 5.75 Å². The Kier molecular flexibility index (Phi) is 4.21. The Bertz CT molecular complexity index is 407. The topological polar surface area (TPSA) is 37.3 Å². The average molecular weight is 263 g/mol. The number of rotatable bonds is 4. The maximum absolute atomic E-state index is 13.1. The molecule has 1 N–H and O–H groups in total. The Hall–Kier alpha value is -0.740. The summed E-state index contributed by atoms with van der Waals surface area (Å²) in [6, 6.07) is 4.53. The molecule has 0 unspecified atom stereocenters. The highest BCUT2D eigenvalue weighted by molar-refractivity contribution is 8.00. The molecule has 0 radical (unpaired) electrons. The van der Waals surface area contributed by atoms with Gasteiger partial charge in [0.25, 0.3) is 0 Å². The van der Waals surface area contributed by atoms with E-state index < -0.39 is 16.5 Å². The average Bonchev–Trinajstić information content (AvgIpc) is 2.20. The smallest absolute Gasteiger partial charge is 0.319 e. The molecule has 1 rings (SSSR count). The quantitative estimate of drug-likeness (QED) is 0.901. The third kappa shape index (κ3) is 3.12. The summed E-state index contributed by atoms with van der Waals surface area (Å²) in [7, 11) is 0. The van der Waals surface area contributed by atoms with Crippen LogP contribution in [-0.2, 0) is 10.5 Å². The van der Waals surface area contributed by atoms with Gasteiger partial charge in [-0.2, -0.15) is 0 Å². The molecule has 0 heterocycles. The molecule has 0 amide bonds. The first-order valence-corrected chi connectivity index (χ1v) is 6.01. The number of thioether (sulfide) groups is 1. The summed E-state index contributed by atoms with van der Waals surface area (Å²) in [6.07, 6.45) is 0. The SMILES string of the molecule is CC(C)(SCc1cccc(F)c1Cl)C(=O)O. The van der Waals surface area contributed by atoms with E-state index in [1.54, 1.807) is 26.0 Å². The first-order chi connectivity index (χ1) is 7.34. The van der Waals surface area contributed by atoms with Gasteiger partial charge in [0.05, 0.1) is 5.02 Å². The Labute approximate surface area is 103 Å². The molecule has 1 aromatic rings. The van der Waals surface area contributed by atoms with E-state index in [2.05, 4.69) is 0 Å². The monoisotopic (exact) mass is 262 g/mol. The van der Waals surface area contributed by atoms with E-state index >= 15 is 0 Å². The molecule has 0 aliphatic carbocycles. The molecule has 2 nitrogen and oxygen atoms in total. The number of carbonyl (C=O) groups is 1. The fourth-order valence-electron chi connectivity index (χ4n) is 0.980. The fourth-order valence-corrected chi connectivity index (χ4v) is 2.13. The second-order valence-electron chi connectivity index (χ2n) is 3.82. The van der Waals surface area contributed by atoms with Crippen LogP contribution in [0.15, 0.2) is 18.2 Å². The number of carboxylic acid groups (broad SMARTS) is 1. The molecule has 88 valence electrons. The summed E-state index contributed by atoms with van der Waals surface area (Å²) in [4.78, 5) is 10.9. The molecule has 0 fully saturated rings. The van der Waals surface area contributed by atoms with Crippen molar-refractivity contribution in [1.82, 2.24) is 0 Å². The molecule has 0 bridgehead atoms. The number of hydrogen-bond donors (Lipinski definition) is 1. The number of halogens is 2. The zero-order valence-corrected chi connectivity index (χ0v) is 10.5. The lowest BCUT2D eigenvalue weighted by molar-refractivity contribution is -0.138. The molecule has 5 heteroatoms. The predicted molar refractivity (Wildman–Crippen MR) is 64.4 cm³/mol. The predicted octanol–water partition coefficient (Wildman–Crippen LogP) is 3.58. The largest absolute Gasteiger partial charge is 0.480 e. The molecular formula is C11H12ClFO2S. The number of benzene rings is 1. The van der Waals surface area contributed by atoms with Crippen LogP contribution in [0.4, 0.5) is 4.39 Å². The lowest BCUT2D eigenvalue weighted by Gasteiger charge is -2.18. The third-order valence-electron chi connectivity index (χ3n) is 2.14. The van der Waals surface area contributed by atoms with E-state index in [1.165, 1.54) is 17.8 Å². The van der Waals surface area contributed by atoms with Gasteiger partial charge in [-0.3, -0.25) is 4.79 Å². The van der Waals surface area contributed by atoms with Crippen molar-refractivity contribution in [3.05, 3.63) is 34.6 Å². The van der Waals surface area contributed by atoms with Crippen molar-refractivity contribution >= 4 is 29.3 Å². The lowest BCUT2D eigenvalue weighted by Crippen LogP contribution is -2.27. The van der Waals surface area contributed by atoms with Crippen molar-refractivity contribution in [2.24, 2.45) is 0 Å². The van der Waals surface area contributed by atoms with Crippen molar-refractivity contribution in [2.75, 3.05) is 0 Å². The van der Waals surface area contributed by atoms with Crippen molar-refractivity contribution in [1.29, 1.82) is 0 Å². The highest BCUT2D eigenvalue weighted by Gasteiger charge is 2.27. The highest BCUT2D eigenvalue weighted by atomic mass is 35.5. The minimum Gasteiger partial charge on any atom is -0.480 e. The highest BCUT2D eigenvalue weighted by Crippen LogP contribution is 2.31. The lowest BCUT2D eigenvalue weighted by atomic mass is 10.2. The molecule has 0 saturated carbocycles. The summed E-state index contributed by atoms with van der Waals surface area (Å²) >= 11 is 6.98.